The van der Waals surface area contributed by atoms with E-state index in [1.165, 1.54) is 5.56 Å². The molecule has 0 amide bonds. The van der Waals surface area contributed by atoms with Crippen molar-refractivity contribution in [3.63, 3.8) is 0 Å². The maximum Gasteiger partial charge on any atom is 0.309 e. The molecule has 6 heteroatoms. The van der Waals surface area contributed by atoms with Crippen LogP contribution in [0.15, 0.2) is 53.2 Å². The highest BCUT2D eigenvalue weighted by Gasteiger charge is 2.28. The Morgan fingerprint density at radius 3 is 2.81 bits per heavy atom. The number of carbonyl (C=O) groups excluding carboxylic acids is 1. The van der Waals surface area contributed by atoms with Crippen LogP contribution in [0.2, 0.25) is 0 Å². The van der Waals surface area contributed by atoms with Crippen molar-refractivity contribution >= 4 is 23.1 Å². The lowest BCUT2D eigenvalue weighted by Gasteiger charge is -2.29. The zero-order valence-corrected chi connectivity index (χ0v) is 15.2. The van der Waals surface area contributed by atoms with Crippen LogP contribution in [-0.2, 0) is 16.0 Å². The standard InChI is InChI=1S/C21H23N3O3/c25-20(26-14-4-6-16-5-3-11-22-15-16)17-9-12-24(13-10-17)21-23-18-7-1-2-8-19(18)27-21/h1-3,5,7-8,11,15,17H,4,6,9-10,12-14H2. The van der Waals surface area contributed by atoms with Crippen molar-refractivity contribution < 1.29 is 13.9 Å². The molecule has 0 aliphatic carbocycles. The third-order valence-corrected chi connectivity index (χ3v) is 4.96. The molecule has 3 aromatic rings. The Labute approximate surface area is 158 Å². The summed E-state index contributed by atoms with van der Waals surface area (Å²) in [5.74, 6) is -0.123. The highest BCUT2D eigenvalue weighted by Crippen LogP contribution is 2.26. The zero-order chi connectivity index (χ0) is 18.5. The first-order valence-corrected chi connectivity index (χ1v) is 9.45. The molecule has 0 atom stereocenters. The van der Waals surface area contributed by atoms with Crippen LogP contribution in [0.3, 0.4) is 0 Å². The van der Waals surface area contributed by atoms with E-state index in [1.54, 1.807) is 6.20 Å². The molecule has 140 valence electrons. The SMILES string of the molecule is O=C(OCCCc1cccnc1)C1CCN(c2nc3ccccc3o2)CC1. The molecule has 1 aromatic carbocycles. The predicted octanol–water partition coefficient (Wildman–Crippen LogP) is 3.62. The van der Waals surface area contributed by atoms with Gasteiger partial charge in [0.1, 0.15) is 5.52 Å². The number of aryl methyl sites for hydroxylation is 1. The number of piperidine rings is 1. The summed E-state index contributed by atoms with van der Waals surface area (Å²) in [5.41, 5.74) is 2.82. The lowest BCUT2D eigenvalue weighted by Crippen LogP contribution is -2.37. The number of benzene rings is 1. The number of oxazole rings is 1. The lowest BCUT2D eigenvalue weighted by molar-refractivity contribution is -0.149. The molecular formula is C21H23N3O3. The Morgan fingerprint density at radius 1 is 1.19 bits per heavy atom. The van der Waals surface area contributed by atoms with Gasteiger partial charge in [0.15, 0.2) is 5.58 Å². The number of hydrogen-bond acceptors (Lipinski definition) is 6. The van der Waals surface area contributed by atoms with E-state index in [1.807, 2.05) is 42.6 Å². The number of pyridine rings is 1. The molecule has 0 saturated carbocycles. The molecule has 3 heterocycles. The Kier molecular flexibility index (Phi) is 5.32. The largest absolute Gasteiger partial charge is 0.465 e. The first kappa shape index (κ1) is 17.5. The minimum absolute atomic E-state index is 0.0379. The molecular weight excluding hydrogens is 342 g/mol. The quantitative estimate of drug-likeness (QED) is 0.491. The summed E-state index contributed by atoms with van der Waals surface area (Å²) in [6.45, 7) is 1.96. The van der Waals surface area contributed by atoms with E-state index >= 15 is 0 Å². The van der Waals surface area contributed by atoms with Gasteiger partial charge in [-0.3, -0.25) is 9.78 Å². The van der Waals surface area contributed by atoms with Gasteiger partial charge >= 0.3 is 5.97 Å². The topological polar surface area (TPSA) is 68.5 Å². The zero-order valence-electron chi connectivity index (χ0n) is 15.2. The fourth-order valence-electron chi connectivity index (χ4n) is 3.41. The molecule has 4 rings (SSSR count). The Hall–Kier alpha value is -2.89. The van der Waals surface area contributed by atoms with Gasteiger partial charge in [0.2, 0.25) is 0 Å². The highest BCUT2D eigenvalue weighted by atomic mass is 16.5. The molecule has 0 spiro atoms. The monoisotopic (exact) mass is 365 g/mol. The maximum atomic E-state index is 12.3. The number of esters is 1. The van der Waals surface area contributed by atoms with Crippen molar-refractivity contribution in [2.75, 3.05) is 24.6 Å². The van der Waals surface area contributed by atoms with Gasteiger partial charge in [-0.2, -0.15) is 4.98 Å². The summed E-state index contributed by atoms with van der Waals surface area (Å²) >= 11 is 0. The van der Waals surface area contributed by atoms with Gasteiger partial charge in [0, 0.05) is 25.5 Å². The van der Waals surface area contributed by atoms with E-state index in [4.69, 9.17) is 9.15 Å². The summed E-state index contributed by atoms with van der Waals surface area (Å²) in [7, 11) is 0. The normalized spacial score (nSPS) is 15.2. The van der Waals surface area contributed by atoms with E-state index < -0.39 is 0 Å². The second kappa shape index (κ2) is 8.20. The minimum Gasteiger partial charge on any atom is -0.465 e. The molecule has 0 unspecified atom stereocenters. The van der Waals surface area contributed by atoms with Crippen LogP contribution in [-0.4, -0.2) is 35.6 Å². The fraction of sp³-hybridized carbons (Fsp3) is 0.381. The van der Waals surface area contributed by atoms with Crippen molar-refractivity contribution in [1.29, 1.82) is 0 Å². The third kappa shape index (κ3) is 4.27. The first-order chi connectivity index (χ1) is 13.3. The van der Waals surface area contributed by atoms with Crippen molar-refractivity contribution in [3.05, 3.63) is 54.4 Å². The van der Waals surface area contributed by atoms with Crippen LogP contribution in [0.25, 0.3) is 11.1 Å². The van der Waals surface area contributed by atoms with Gasteiger partial charge in [-0.1, -0.05) is 18.2 Å². The summed E-state index contributed by atoms with van der Waals surface area (Å²) in [4.78, 5) is 23.0. The summed E-state index contributed by atoms with van der Waals surface area (Å²) in [6.07, 6.45) is 6.83. The van der Waals surface area contributed by atoms with Crippen molar-refractivity contribution in [1.82, 2.24) is 9.97 Å². The van der Waals surface area contributed by atoms with Crippen LogP contribution < -0.4 is 4.90 Å². The smallest absolute Gasteiger partial charge is 0.309 e. The number of hydrogen-bond donors (Lipinski definition) is 0. The van der Waals surface area contributed by atoms with E-state index in [9.17, 15) is 4.79 Å². The summed E-state index contributed by atoms with van der Waals surface area (Å²) in [6, 6.07) is 12.3. The molecule has 0 N–H and O–H groups in total. The van der Waals surface area contributed by atoms with Crippen molar-refractivity contribution in [2.24, 2.45) is 5.92 Å². The number of ether oxygens (including phenoxy) is 1. The molecule has 27 heavy (non-hydrogen) atoms. The minimum atomic E-state index is -0.0848. The molecule has 1 aliphatic rings. The second-order valence-electron chi connectivity index (χ2n) is 6.86. The molecule has 1 saturated heterocycles. The number of fused-ring (bicyclic) bond motifs is 1. The number of rotatable bonds is 6. The third-order valence-electron chi connectivity index (χ3n) is 4.96. The second-order valence-corrected chi connectivity index (χ2v) is 6.86. The number of aromatic nitrogens is 2. The van der Waals surface area contributed by atoms with Crippen molar-refractivity contribution in [2.45, 2.75) is 25.7 Å². The van der Waals surface area contributed by atoms with Gasteiger partial charge in [-0.05, 0) is 49.4 Å². The average Bonchev–Trinajstić information content (AvgIpc) is 3.16. The Balaban J connectivity index is 1.22. The van der Waals surface area contributed by atoms with Crippen LogP contribution in [0, 0.1) is 5.92 Å². The van der Waals surface area contributed by atoms with Gasteiger partial charge < -0.3 is 14.1 Å². The number of carbonyl (C=O) groups is 1. The number of nitrogens with zero attached hydrogens (tertiary/aromatic N) is 3. The molecule has 6 nitrogen and oxygen atoms in total. The summed E-state index contributed by atoms with van der Waals surface area (Å²) < 4.78 is 11.3. The van der Waals surface area contributed by atoms with Crippen molar-refractivity contribution in [3.8, 4) is 0 Å². The molecule has 2 aromatic heterocycles. The van der Waals surface area contributed by atoms with Gasteiger partial charge in [0.05, 0.1) is 12.5 Å². The summed E-state index contributed by atoms with van der Waals surface area (Å²) in [5, 5.41) is 0. The first-order valence-electron chi connectivity index (χ1n) is 9.45. The highest BCUT2D eigenvalue weighted by molar-refractivity contribution is 5.75. The average molecular weight is 365 g/mol. The Bertz CT molecular complexity index is 853. The van der Waals surface area contributed by atoms with Gasteiger partial charge in [-0.25, -0.2) is 0 Å². The molecule has 0 radical (unpaired) electrons. The van der Waals surface area contributed by atoms with Crippen LogP contribution in [0.5, 0.6) is 0 Å². The van der Waals surface area contributed by atoms with E-state index in [0.29, 0.717) is 12.6 Å². The van der Waals surface area contributed by atoms with E-state index in [2.05, 4.69) is 14.9 Å². The lowest BCUT2D eigenvalue weighted by atomic mass is 9.97. The van der Waals surface area contributed by atoms with Crippen LogP contribution in [0.4, 0.5) is 6.01 Å². The van der Waals surface area contributed by atoms with Gasteiger partial charge in [0.25, 0.3) is 6.01 Å². The molecule has 1 aliphatic heterocycles. The van der Waals surface area contributed by atoms with Gasteiger partial charge in [-0.15, -0.1) is 0 Å². The van der Waals surface area contributed by atoms with E-state index in [-0.39, 0.29) is 11.9 Å². The number of para-hydroxylation sites is 2. The number of anilines is 1. The predicted molar refractivity (Wildman–Crippen MR) is 102 cm³/mol. The maximum absolute atomic E-state index is 12.3. The van der Waals surface area contributed by atoms with Crippen LogP contribution in [0.1, 0.15) is 24.8 Å². The Morgan fingerprint density at radius 2 is 2.04 bits per heavy atom. The molecule has 0 bridgehead atoms. The molecule has 1 fully saturated rings. The van der Waals surface area contributed by atoms with Crippen LogP contribution >= 0.6 is 0 Å². The van der Waals surface area contributed by atoms with E-state index in [0.717, 1.165) is 49.9 Å². The fourth-order valence-corrected chi connectivity index (χ4v) is 3.41.